The molecule has 0 spiro atoms. The van der Waals surface area contributed by atoms with Crippen LogP contribution >= 0.6 is 0 Å². The molecule has 1 heterocycles. The van der Waals surface area contributed by atoms with Gasteiger partial charge in [-0.25, -0.2) is 18.1 Å². The third kappa shape index (κ3) is 3.59. The van der Waals surface area contributed by atoms with Crippen LogP contribution in [0.25, 0.3) is 0 Å². The molecular weight excluding hydrogens is 290 g/mol. The van der Waals surface area contributed by atoms with Crippen LogP contribution in [-0.4, -0.2) is 30.1 Å². The molecule has 0 aliphatic carbocycles. The highest BCUT2D eigenvalue weighted by Crippen LogP contribution is 2.24. The second-order valence-electron chi connectivity index (χ2n) is 4.73. The first-order valence-corrected chi connectivity index (χ1v) is 8.11. The van der Waals surface area contributed by atoms with Gasteiger partial charge >= 0.3 is 0 Å². The molecule has 0 bridgehead atoms. The number of benzene rings is 1. The van der Waals surface area contributed by atoms with Gasteiger partial charge in [-0.15, -0.1) is 0 Å². The van der Waals surface area contributed by atoms with Crippen molar-refractivity contribution in [1.29, 1.82) is 0 Å². The van der Waals surface area contributed by atoms with Crippen LogP contribution in [0.1, 0.15) is 23.9 Å². The standard InChI is InChI=1S/C13H19N5O2S/c1-4-14-11-5-9(2)13(10(3)6-11)21(19,20)17-7-12-15-8-16-18-12/h5-6,8,14,17H,4,7H2,1-3H3,(H,15,16,18). The Morgan fingerprint density at radius 3 is 2.43 bits per heavy atom. The van der Waals surface area contributed by atoms with Gasteiger partial charge in [-0.3, -0.25) is 5.10 Å². The van der Waals surface area contributed by atoms with Gasteiger partial charge < -0.3 is 5.32 Å². The van der Waals surface area contributed by atoms with Crippen molar-refractivity contribution in [3.63, 3.8) is 0 Å². The van der Waals surface area contributed by atoms with E-state index in [1.165, 1.54) is 6.33 Å². The number of aryl methyl sites for hydroxylation is 2. The van der Waals surface area contributed by atoms with Gasteiger partial charge in [0.2, 0.25) is 10.0 Å². The fraction of sp³-hybridized carbons (Fsp3) is 0.385. The predicted octanol–water partition coefficient (Wildman–Crippen LogP) is 1.33. The highest BCUT2D eigenvalue weighted by atomic mass is 32.2. The number of H-pyrrole nitrogens is 1. The van der Waals surface area contributed by atoms with Crippen molar-refractivity contribution < 1.29 is 8.42 Å². The van der Waals surface area contributed by atoms with Gasteiger partial charge in [0.1, 0.15) is 12.2 Å². The van der Waals surface area contributed by atoms with Crippen LogP contribution in [0.5, 0.6) is 0 Å². The number of aromatic amines is 1. The average Bonchev–Trinajstić information content (AvgIpc) is 2.88. The maximum Gasteiger partial charge on any atom is 0.241 e. The summed E-state index contributed by atoms with van der Waals surface area (Å²) in [5.41, 5.74) is 2.33. The topological polar surface area (TPSA) is 99.8 Å². The summed E-state index contributed by atoms with van der Waals surface area (Å²) in [7, 11) is -3.59. The van der Waals surface area contributed by atoms with E-state index in [0.717, 1.165) is 12.2 Å². The largest absolute Gasteiger partial charge is 0.385 e. The smallest absolute Gasteiger partial charge is 0.241 e. The van der Waals surface area contributed by atoms with Crippen molar-refractivity contribution in [1.82, 2.24) is 19.9 Å². The molecule has 1 aromatic carbocycles. The number of nitrogens with zero attached hydrogens (tertiary/aromatic N) is 2. The maximum atomic E-state index is 12.4. The van der Waals surface area contributed by atoms with Crippen LogP contribution in [0.3, 0.4) is 0 Å². The highest BCUT2D eigenvalue weighted by Gasteiger charge is 2.20. The fourth-order valence-corrected chi connectivity index (χ4v) is 3.67. The molecule has 2 rings (SSSR count). The van der Waals surface area contributed by atoms with Crippen LogP contribution in [0.15, 0.2) is 23.4 Å². The first kappa shape index (κ1) is 15.5. The van der Waals surface area contributed by atoms with Crippen molar-refractivity contribution in [3.8, 4) is 0 Å². The lowest BCUT2D eigenvalue weighted by Gasteiger charge is -2.14. The molecule has 0 atom stereocenters. The summed E-state index contributed by atoms with van der Waals surface area (Å²) in [5.74, 6) is 0.471. The molecular formula is C13H19N5O2S. The third-order valence-corrected chi connectivity index (χ3v) is 4.71. The number of aromatic nitrogens is 3. The number of rotatable bonds is 6. The Balaban J connectivity index is 2.27. The highest BCUT2D eigenvalue weighted by molar-refractivity contribution is 7.89. The molecule has 0 fully saturated rings. The Morgan fingerprint density at radius 1 is 1.24 bits per heavy atom. The molecule has 114 valence electrons. The second-order valence-corrected chi connectivity index (χ2v) is 6.43. The molecule has 1 aromatic heterocycles. The van der Waals surface area contributed by atoms with Crippen LogP contribution < -0.4 is 10.0 Å². The van der Waals surface area contributed by atoms with Gasteiger partial charge in [-0.05, 0) is 44.0 Å². The lowest BCUT2D eigenvalue weighted by molar-refractivity contribution is 0.578. The molecule has 2 aromatic rings. The molecule has 8 heteroatoms. The van der Waals surface area contributed by atoms with E-state index in [1.807, 2.05) is 19.1 Å². The predicted molar refractivity (Wildman–Crippen MR) is 80.5 cm³/mol. The van der Waals surface area contributed by atoms with Crippen LogP contribution in [0, 0.1) is 13.8 Å². The van der Waals surface area contributed by atoms with Crippen molar-refractivity contribution in [3.05, 3.63) is 35.4 Å². The minimum absolute atomic E-state index is 0.0795. The third-order valence-electron chi connectivity index (χ3n) is 3.00. The molecule has 0 unspecified atom stereocenters. The Labute approximate surface area is 124 Å². The molecule has 0 aliphatic rings. The lowest BCUT2D eigenvalue weighted by Crippen LogP contribution is -2.25. The van der Waals surface area contributed by atoms with E-state index in [0.29, 0.717) is 21.8 Å². The summed E-state index contributed by atoms with van der Waals surface area (Å²) >= 11 is 0. The van der Waals surface area contributed by atoms with Gasteiger partial charge in [0, 0.05) is 12.2 Å². The van der Waals surface area contributed by atoms with E-state index in [-0.39, 0.29) is 6.54 Å². The minimum atomic E-state index is -3.59. The Morgan fingerprint density at radius 2 is 1.90 bits per heavy atom. The number of nitrogens with one attached hydrogen (secondary N) is 3. The number of sulfonamides is 1. The molecule has 3 N–H and O–H groups in total. The van der Waals surface area contributed by atoms with Crippen LogP contribution in [0.2, 0.25) is 0 Å². The van der Waals surface area contributed by atoms with E-state index in [4.69, 9.17) is 0 Å². The van der Waals surface area contributed by atoms with Crippen molar-refractivity contribution >= 4 is 15.7 Å². The summed E-state index contributed by atoms with van der Waals surface area (Å²) in [5, 5.41) is 9.49. The molecule has 0 radical (unpaired) electrons. The fourth-order valence-electron chi connectivity index (χ4n) is 2.23. The molecule has 0 aliphatic heterocycles. The monoisotopic (exact) mass is 309 g/mol. The SMILES string of the molecule is CCNc1cc(C)c(S(=O)(=O)NCc2ncn[nH]2)c(C)c1. The van der Waals surface area contributed by atoms with Crippen molar-refractivity contribution in [2.24, 2.45) is 0 Å². The molecule has 21 heavy (non-hydrogen) atoms. The number of hydrogen-bond donors (Lipinski definition) is 3. The second kappa shape index (κ2) is 6.23. The Kier molecular flexibility index (Phi) is 4.59. The summed E-state index contributed by atoms with van der Waals surface area (Å²) in [6.07, 6.45) is 1.34. The van der Waals surface area contributed by atoms with E-state index >= 15 is 0 Å². The van der Waals surface area contributed by atoms with E-state index in [2.05, 4.69) is 25.2 Å². The van der Waals surface area contributed by atoms with Gasteiger partial charge in [-0.1, -0.05) is 0 Å². The lowest BCUT2D eigenvalue weighted by atomic mass is 10.1. The molecule has 7 nitrogen and oxygen atoms in total. The minimum Gasteiger partial charge on any atom is -0.385 e. The Bertz CT molecular complexity index is 687. The first-order chi connectivity index (χ1) is 9.94. The van der Waals surface area contributed by atoms with Crippen LogP contribution in [-0.2, 0) is 16.6 Å². The van der Waals surface area contributed by atoms with E-state index in [1.54, 1.807) is 13.8 Å². The zero-order valence-corrected chi connectivity index (χ0v) is 13.1. The van der Waals surface area contributed by atoms with Crippen molar-refractivity contribution in [2.45, 2.75) is 32.2 Å². The summed E-state index contributed by atoms with van der Waals surface area (Å²) in [6.45, 7) is 6.44. The van der Waals surface area contributed by atoms with Gasteiger partial charge in [0.25, 0.3) is 0 Å². The zero-order valence-electron chi connectivity index (χ0n) is 12.3. The zero-order chi connectivity index (χ0) is 15.5. The molecule has 0 saturated heterocycles. The van der Waals surface area contributed by atoms with Crippen molar-refractivity contribution in [2.75, 3.05) is 11.9 Å². The van der Waals surface area contributed by atoms with Gasteiger partial charge in [0.05, 0.1) is 11.4 Å². The Hall–Kier alpha value is -1.93. The van der Waals surface area contributed by atoms with Gasteiger partial charge in [0.15, 0.2) is 0 Å². The number of hydrogen-bond acceptors (Lipinski definition) is 5. The van der Waals surface area contributed by atoms with Crippen LogP contribution in [0.4, 0.5) is 5.69 Å². The summed E-state index contributed by atoms with van der Waals surface area (Å²) < 4.78 is 27.4. The quantitative estimate of drug-likeness (QED) is 0.747. The van der Waals surface area contributed by atoms with E-state index < -0.39 is 10.0 Å². The normalized spacial score (nSPS) is 11.6. The average molecular weight is 309 g/mol. The van der Waals surface area contributed by atoms with Gasteiger partial charge in [-0.2, -0.15) is 5.10 Å². The molecule has 0 saturated carbocycles. The maximum absolute atomic E-state index is 12.4. The van der Waals surface area contributed by atoms with E-state index in [9.17, 15) is 8.42 Å². The molecule has 0 amide bonds. The number of anilines is 1. The summed E-state index contributed by atoms with van der Waals surface area (Å²) in [6, 6.07) is 3.67. The first-order valence-electron chi connectivity index (χ1n) is 6.63. The summed E-state index contributed by atoms with van der Waals surface area (Å²) in [4.78, 5) is 4.20.